The Morgan fingerprint density at radius 1 is 1.20 bits per heavy atom. The molecule has 1 N–H and O–H groups in total. The van der Waals surface area contributed by atoms with Crippen LogP contribution in [0.3, 0.4) is 0 Å². The summed E-state index contributed by atoms with van der Waals surface area (Å²) in [6, 6.07) is 16.7. The number of carbonyl (C=O) groups is 1. The van der Waals surface area contributed by atoms with Crippen LogP contribution < -0.4 is 10.1 Å². The van der Waals surface area contributed by atoms with Crippen LogP contribution in [0.2, 0.25) is 5.02 Å². The molecule has 1 atom stereocenters. The van der Waals surface area contributed by atoms with Crippen molar-refractivity contribution in [2.75, 3.05) is 5.32 Å². The number of benzene rings is 2. The van der Waals surface area contributed by atoms with Gasteiger partial charge >= 0.3 is 0 Å². The van der Waals surface area contributed by atoms with Gasteiger partial charge in [-0.2, -0.15) is 5.10 Å². The third-order valence-corrected chi connectivity index (χ3v) is 3.91. The van der Waals surface area contributed by atoms with Crippen molar-refractivity contribution in [3.8, 4) is 11.4 Å². The Labute approximate surface area is 151 Å². The first kappa shape index (κ1) is 17.0. The zero-order valence-electron chi connectivity index (χ0n) is 13.9. The zero-order valence-corrected chi connectivity index (χ0v) is 14.7. The molecule has 1 unspecified atom stereocenters. The monoisotopic (exact) mass is 355 g/mol. The largest absolute Gasteiger partial charge is 0.481 e. The molecule has 0 spiro atoms. The lowest BCUT2D eigenvalue weighted by Crippen LogP contribution is -2.30. The van der Waals surface area contributed by atoms with Crippen molar-refractivity contribution < 1.29 is 9.53 Å². The predicted molar refractivity (Wildman–Crippen MR) is 98.5 cm³/mol. The zero-order chi connectivity index (χ0) is 17.8. The van der Waals surface area contributed by atoms with Crippen molar-refractivity contribution in [1.82, 2.24) is 9.78 Å². The Bertz CT molecular complexity index is 877. The number of carbonyl (C=O) groups excluding carboxylic acids is 1. The van der Waals surface area contributed by atoms with Gasteiger partial charge in [0.1, 0.15) is 5.75 Å². The van der Waals surface area contributed by atoms with Crippen LogP contribution in [0.5, 0.6) is 5.75 Å². The Hall–Kier alpha value is -2.79. The normalized spacial score (nSPS) is 11.8. The van der Waals surface area contributed by atoms with Crippen molar-refractivity contribution in [3.05, 3.63) is 71.4 Å². The highest BCUT2D eigenvalue weighted by Crippen LogP contribution is 2.23. The molecule has 3 rings (SSSR count). The molecule has 0 bridgehead atoms. The molecule has 0 saturated heterocycles. The highest BCUT2D eigenvalue weighted by atomic mass is 35.5. The van der Waals surface area contributed by atoms with Crippen molar-refractivity contribution in [2.45, 2.75) is 20.0 Å². The molecule has 1 aromatic heterocycles. The number of nitrogens with one attached hydrogen (secondary N) is 1. The molecule has 5 nitrogen and oxygen atoms in total. The molecule has 128 valence electrons. The molecule has 1 heterocycles. The maximum Gasteiger partial charge on any atom is 0.266 e. The van der Waals surface area contributed by atoms with Gasteiger partial charge in [0, 0.05) is 17.3 Å². The summed E-state index contributed by atoms with van der Waals surface area (Å²) in [7, 11) is 0. The molecule has 0 aliphatic carbocycles. The summed E-state index contributed by atoms with van der Waals surface area (Å²) in [6.45, 7) is 3.57. The number of amides is 1. The van der Waals surface area contributed by atoms with E-state index in [4.69, 9.17) is 16.3 Å². The summed E-state index contributed by atoms with van der Waals surface area (Å²) >= 11 is 5.93. The average Bonchev–Trinajstić information content (AvgIpc) is 3.06. The summed E-state index contributed by atoms with van der Waals surface area (Å²) < 4.78 is 7.42. The highest BCUT2D eigenvalue weighted by molar-refractivity contribution is 6.30. The van der Waals surface area contributed by atoms with E-state index >= 15 is 0 Å². The van der Waals surface area contributed by atoms with Gasteiger partial charge < -0.3 is 10.1 Å². The molecule has 3 aromatic rings. The number of aromatic nitrogens is 2. The molecule has 0 aliphatic rings. The van der Waals surface area contributed by atoms with Crippen molar-refractivity contribution in [2.24, 2.45) is 0 Å². The minimum Gasteiger partial charge on any atom is -0.481 e. The maximum atomic E-state index is 12.3. The van der Waals surface area contributed by atoms with E-state index in [1.807, 2.05) is 37.3 Å². The van der Waals surface area contributed by atoms with Gasteiger partial charge in [-0.15, -0.1) is 0 Å². The standard InChI is InChI=1S/C19H18ClN3O2/c1-13-12-15(20)8-9-17(13)25-14(2)19(24)21-18-10-11-23(22-18)16-6-4-3-5-7-16/h3-12,14H,1-2H3,(H,21,22,24). The smallest absolute Gasteiger partial charge is 0.266 e. The van der Waals surface area contributed by atoms with E-state index in [1.165, 1.54) is 0 Å². The third-order valence-electron chi connectivity index (χ3n) is 3.67. The minimum atomic E-state index is -0.665. The van der Waals surface area contributed by atoms with Crippen LogP contribution in [-0.4, -0.2) is 21.8 Å². The summed E-state index contributed by atoms with van der Waals surface area (Å²) in [5.41, 5.74) is 1.80. The molecule has 1 amide bonds. The minimum absolute atomic E-state index is 0.271. The maximum absolute atomic E-state index is 12.3. The van der Waals surface area contributed by atoms with E-state index in [1.54, 1.807) is 42.1 Å². The third kappa shape index (κ3) is 4.19. The first-order valence-electron chi connectivity index (χ1n) is 7.88. The van der Waals surface area contributed by atoms with Crippen LogP contribution in [0.1, 0.15) is 12.5 Å². The van der Waals surface area contributed by atoms with Crippen molar-refractivity contribution in [3.63, 3.8) is 0 Å². The molecule has 25 heavy (non-hydrogen) atoms. The van der Waals surface area contributed by atoms with Gasteiger partial charge in [-0.25, -0.2) is 4.68 Å². The van der Waals surface area contributed by atoms with Crippen LogP contribution in [-0.2, 0) is 4.79 Å². The number of halogens is 1. The number of hydrogen-bond acceptors (Lipinski definition) is 3. The van der Waals surface area contributed by atoms with Crippen LogP contribution in [0.25, 0.3) is 5.69 Å². The number of aryl methyl sites for hydroxylation is 1. The van der Waals surface area contributed by atoms with Crippen LogP contribution in [0.4, 0.5) is 5.82 Å². The van der Waals surface area contributed by atoms with Gasteiger partial charge in [0.25, 0.3) is 5.91 Å². The molecule has 0 radical (unpaired) electrons. The summed E-state index contributed by atoms with van der Waals surface area (Å²) in [5.74, 6) is 0.826. The van der Waals surface area contributed by atoms with E-state index in [0.717, 1.165) is 11.3 Å². The fraction of sp³-hybridized carbons (Fsp3) is 0.158. The van der Waals surface area contributed by atoms with Crippen molar-refractivity contribution >= 4 is 23.3 Å². The Morgan fingerprint density at radius 3 is 2.68 bits per heavy atom. The number of hydrogen-bond donors (Lipinski definition) is 1. The fourth-order valence-electron chi connectivity index (χ4n) is 2.33. The molecule has 0 saturated carbocycles. The van der Waals surface area contributed by atoms with Crippen molar-refractivity contribution in [1.29, 1.82) is 0 Å². The number of rotatable bonds is 5. The second-order valence-corrected chi connectivity index (χ2v) is 6.08. The van der Waals surface area contributed by atoms with Gasteiger partial charge in [-0.3, -0.25) is 4.79 Å². The number of anilines is 1. The first-order chi connectivity index (χ1) is 12.0. The van der Waals surface area contributed by atoms with Crippen LogP contribution in [0, 0.1) is 6.92 Å². The molecule has 2 aromatic carbocycles. The summed E-state index contributed by atoms with van der Waals surface area (Å²) in [4.78, 5) is 12.3. The molecule has 6 heteroatoms. The summed E-state index contributed by atoms with van der Waals surface area (Å²) in [6.07, 6.45) is 1.13. The molecular formula is C19H18ClN3O2. The lowest BCUT2D eigenvalue weighted by Gasteiger charge is -2.15. The number of para-hydroxylation sites is 1. The topological polar surface area (TPSA) is 56.1 Å². The lowest BCUT2D eigenvalue weighted by molar-refractivity contribution is -0.122. The fourth-order valence-corrected chi connectivity index (χ4v) is 2.56. The highest BCUT2D eigenvalue weighted by Gasteiger charge is 2.17. The van der Waals surface area contributed by atoms with Gasteiger partial charge in [0.15, 0.2) is 11.9 Å². The number of nitrogens with zero attached hydrogens (tertiary/aromatic N) is 2. The Kier molecular flexibility index (Phi) is 5.05. The SMILES string of the molecule is Cc1cc(Cl)ccc1OC(C)C(=O)Nc1ccn(-c2ccccc2)n1. The predicted octanol–water partition coefficient (Wildman–Crippen LogP) is 4.24. The summed E-state index contributed by atoms with van der Waals surface area (Å²) in [5, 5.41) is 7.74. The first-order valence-corrected chi connectivity index (χ1v) is 8.25. The van der Waals surface area contributed by atoms with E-state index in [-0.39, 0.29) is 5.91 Å². The second-order valence-electron chi connectivity index (χ2n) is 5.64. The number of ether oxygens (including phenoxy) is 1. The second kappa shape index (κ2) is 7.40. The van der Waals surface area contributed by atoms with E-state index in [2.05, 4.69) is 10.4 Å². The Balaban J connectivity index is 1.65. The average molecular weight is 356 g/mol. The molecule has 0 aliphatic heterocycles. The van der Waals surface area contributed by atoms with Gasteiger partial charge in [0.2, 0.25) is 0 Å². The van der Waals surface area contributed by atoms with Gasteiger partial charge in [-0.1, -0.05) is 29.8 Å². The lowest BCUT2D eigenvalue weighted by atomic mass is 10.2. The van der Waals surface area contributed by atoms with E-state index in [0.29, 0.717) is 16.6 Å². The Morgan fingerprint density at radius 2 is 1.96 bits per heavy atom. The van der Waals surface area contributed by atoms with Crippen LogP contribution in [0.15, 0.2) is 60.8 Å². The van der Waals surface area contributed by atoms with Crippen LogP contribution >= 0.6 is 11.6 Å². The quantitative estimate of drug-likeness (QED) is 0.744. The van der Waals surface area contributed by atoms with Gasteiger partial charge in [0.05, 0.1) is 5.69 Å². The van der Waals surface area contributed by atoms with E-state index < -0.39 is 6.10 Å². The van der Waals surface area contributed by atoms with Gasteiger partial charge in [-0.05, 0) is 49.7 Å². The molecule has 0 fully saturated rings. The molecular weight excluding hydrogens is 338 g/mol. The van der Waals surface area contributed by atoms with E-state index in [9.17, 15) is 4.79 Å².